The first-order chi connectivity index (χ1) is 11.8. The van der Waals surface area contributed by atoms with E-state index in [-0.39, 0.29) is 11.7 Å². The first-order valence-electron chi connectivity index (χ1n) is 8.66. The molecule has 2 aliphatic heterocycles. The molecule has 6 nitrogen and oxygen atoms in total. The smallest absolute Gasteiger partial charge is 0.105 e. The maximum atomic E-state index is 6.47. The molecule has 6 heteroatoms. The molecule has 0 aliphatic carbocycles. The second-order valence-electron chi connectivity index (χ2n) is 6.81. The summed E-state index contributed by atoms with van der Waals surface area (Å²) in [6, 6.07) is 6.11. The van der Waals surface area contributed by atoms with Crippen LogP contribution in [0.4, 0.5) is 0 Å². The highest BCUT2D eigenvalue weighted by molar-refractivity contribution is 5.10. The number of rotatable bonds is 4. The van der Waals surface area contributed by atoms with Gasteiger partial charge in [0.05, 0.1) is 25.9 Å². The summed E-state index contributed by atoms with van der Waals surface area (Å²) >= 11 is 0. The monoisotopic (exact) mass is 328 g/mol. The van der Waals surface area contributed by atoms with Gasteiger partial charge in [-0.25, -0.2) is 0 Å². The molecule has 0 N–H and O–H groups in total. The fourth-order valence-corrected chi connectivity index (χ4v) is 3.73. The first kappa shape index (κ1) is 15.7. The molecular formula is C18H24N4O2. The summed E-state index contributed by atoms with van der Waals surface area (Å²) in [5, 5.41) is 4.29. The van der Waals surface area contributed by atoms with Crippen LogP contribution in [0.25, 0.3) is 0 Å². The molecule has 4 heterocycles. The van der Waals surface area contributed by atoms with Crippen LogP contribution in [0.2, 0.25) is 0 Å². The van der Waals surface area contributed by atoms with Gasteiger partial charge in [-0.15, -0.1) is 0 Å². The highest BCUT2D eigenvalue weighted by Crippen LogP contribution is 2.34. The lowest BCUT2D eigenvalue weighted by Crippen LogP contribution is -2.44. The third-order valence-corrected chi connectivity index (χ3v) is 4.87. The van der Waals surface area contributed by atoms with Crippen LogP contribution >= 0.6 is 0 Å². The van der Waals surface area contributed by atoms with E-state index in [9.17, 15) is 0 Å². The zero-order valence-electron chi connectivity index (χ0n) is 13.9. The van der Waals surface area contributed by atoms with Crippen LogP contribution in [0.15, 0.2) is 43.0 Å². The molecule has 0 bridgehead atoms. The Morgan fingerprint density at radius 1 is 1.25 bits per heavy atom. The Morgan fingerprint density at radius 2 is 2.17 bits per heavy atom. The van der Waals surface area contributed by atoms with Crippen molar-refractivity contribution in [2.24, 2.45) is 0 Å². The van der Waals surface area contributed by atoms with Gasteiger partial charge in [-0.3, -0.25) is 14.6 Å². The lowest BCUT2D eigenvalue weighted by Gasteiger charge is -2.32. The second kappa shape index (κ2) is 7.01. The molecule has 2 aliphatic rings. The van der Waals surface area contributed by atoms with Gasteiger partial charge in [0.25, 0.3) is 0 Å². The van der Waals surface area contributed by atoms with E-state index in [2.05, 4.69) is 27.1 Å². The standard InChI is InChI=1S/C18H24N4O2/c1-6-20-22(9-1)13-17-2-5-18(24-17)14-21(10-11-23-15-18)12-16-3-7-19-8-4-16/h1,3-4,6-9,17H,2,5,10-15H2/t17-,18-/m0/s1. The average Bonchev–Trinajstić information content (AvgIpc) is 3.19. The van der Waals surface area contributed by atoms with Crippen molar-refractivity contribution < 1.29 is 9.47 Å². The van der Waals surface area contributed by atoms with Crippen molar-refractivity contribution in [3.05, 3.63) is 48.5 Å². The van der Waals surface area contributed by atoms with Gasteiger partial charge >= 0.3 is 0 Å². The Hall–Kier alpha value is -1.76. The third-order valence-electron chi connectivity index (χ3n) is 4.87. The van der Waals surface area contributed by atoms with Crippen molar-refractivity contribution in [3.63, 3.8) is 0 Å². The highest BCUT2D eigenvalue weighted by atomic mass is 16.6. The highest BCUT2D eigenvalue weighted by Gasteiger charge is 2.43. The normalized spacial score (nSPS) is 28.2. The molecule has 24 heavy (non-hydrogen) atoms. The molecule has 2 atom stereocenters. The number of hydrogen-bond donors (Lipinski definition) is 0. The molecule has 2 fully saturated rings. The molecule has 0 radical (unpaired) electrons. The lowest BCUT2D eigenvalue weighted by atomic mass is 10.00. The van der Waals surface area contributed by atoms with Crippen LogP contribution in [-0.4, -0.2) is 57.7 Å². The van der Waals surface area contributed by atoms with Gasteiger partial charge in [-0.2, -0.15) is 5.10 Å². The summed E-state index contributed by atoms with van der Waals surface area (Å²) in [6.07, 6.45) is 9.84. The van der Waals surface area contributed by atoms with Gasteiger partial charge < -0.3 is 9.47 Å². The van der Waals surface area contributed by atoms with Gasteiger partial charge in [0.2, 0.25) is 0 Å². The number of hydrogen-bond acceptors (Lipinski definition) is 5. The zero-order valence-corrected chi connectivity index (χ0v) is 13.9. The van der Waals surface area contributed by atoms with Gasteiger partial charge in [-0.1, -0.05) is 0 Å². The van der Waals surface area contributed by atoms with E-state index in [1.807, 2.05) is 35.5 Å². The van der Waals surface area contributed by atoms with Gasteiger partial charge in [-0.05, 0) is 36.6 Å². The minimum atomic E-state index is -0.179. The van der Waals surface area contributed by atoms with Crippen LogP contribution in [-0.2, 0) is 22.6 Å². The molecule has 0 amide bonds. The second-order valence-corrected chi connectivity index (χ2v) is 6.81. The Bertz CT molecular complexity index is 634. The third kappa shape index (κ3) is 3.66. The Labute approximate surface area is 142 Å². The fourth-order valence-electron chi connectivity index (χ4n) is 3.73. The first-order valence-corrected chi connectivity index (χ1v) is 8.66. The molecule has 2 saturated heterocycles. The SMILES string of the molecule is c1cnn(C[C@@H]2CC[C@]3(COCCN(Cc4ccncc4)C3)O2)c1. The number of nitrogens with zero attached hydrogens (tertiary/aromatic N) is 4. The maximum Gasteiger partial charge on any atom is 0.105 e. The number of ether oxygens (including phenoxy) is 2. The summed E-state index contributed by atoms with van der Waals surface area (Å²) in [4.78, 5) is 6.54. The maximum absolute atomic E-state index is 6.47. The van der Waals surface area contributed by atoms with E-state index >= 15 is 0 Å². The number of aromatic nitrogens is 3. The van der Waals surface area contributed by atoms with E-state index < -0.39 is 0 Å². The predicted octanol–water partition coefficient (Wildman–Crippen LogP) is 1.73. The van der Waals surface area contributed by atoms with Gasteiger partial charge in [0.15, 0.2) is 0 Å². The Balaban J connectivity index is 1.40. The van der Waals surface area contributed by atoms with Crippen LogP contribution in [0.3, 0.4) is 0 Å². The average molecular weight is 328 g/mol. The van der Waals surface area contributed by atoms with Crippen LogP contribution in [0.1, 0.15) is 18.4 Å². The molecular weight excluding hydrogens is 304 g/mol. The quantitative estimate of drug-likeness (QED) is 0.855. The van der Waals surface area contributed by atoms with Crippen LogP contribution in [0.5, 0.6) is 0 Å². The predicted molar refractivity (Wildman–Crippen MR) is 89.4 cm³/mol. The van der Waals surface area contributed by atoms with Crippen molar-refractivity contribution >= 4 is 0 Å². The zero-order chi connectivity index (χ0) is 16.2. The van der Waals surface area contributed by atoms with Crippen LogP contribution in [0, 0.1) is 0 Å². The summed E-state index contributed by atoms with van der Waals surface area (Å²) < 4.78 is 14.3. The molecule has 0 unspecified atom stereocenters. The van der Waals surface area contributed by atoms with Crippen molar-refractivity contribution in [2.45, 2.75) is 37.6 Å². The van der Waals surface area contributed by atoms with E-state index in [1.54, 1.807) is 0 Å². The molecule has 4 rings (SSSR count). The minimum absolute atomic E-state index is 0.179. The van der Waals surface area contributed by atoms with Gasteiger partial charge in [0.1, 0.15) is 5.60 Å². The van der Waals surface area contributed by atoms with E-state index in [0.29, 0.717) is 6.61 Å². The van der Waals surface area contributed by atoms with E-state index in [4.69, 9.17) is 9.47 Å². The molecule has 2 aromatic heterocycles. The summed E-state index contributed by atoms with van der Waals surface area (Å²) in [5.74, 6) is 0. The molecule has 0 saturated carbocycles. The number of pyridine rings is 1. The molecule has 1 spiro atoms. The Morgan fingerprint density at radius 3 is 3.00 bits per heavy atom. The topological polar surface area (TPSA) is 52.4 Å². The van der Waals surface area contributed by atoms with Crippen molar-refractivity contribution in [1.29, 1.82) is 0 Å². The molecule has 0 aromatic carbocycles. The lowest BCUT2D eigenvalue weighted by molar-refractivity contribution is -0.0904. The fraction of sp³-hybridized carbons (Fsp3) is 0.556. The van der Waals surface area contributed by atoms with Gasteiger partial charge in [0, 0.05) is 44.4 Å². The van der Waals surface area contributed by atoms with E-state index in [1.165, 1.54) is 5.56 Å². The van der Waals surface area contributed by atoms with Crippen LogP contribution < -0.4 is 0 Å². The molecule has 2 aromatic rings. The summed E-state index contributed by atoms with van der Waals surface area (Å²) in [7, 11) is 0. The van der Waals surface area contributed by atoms with Crippen molar-refractivity contribution in [2.75, 3.05) is 26.3 Å². The Kier molecular flexibility index (Phi) is 4.60. The van der Waals surface area contributed by atoms with E-state index in [0.717, 1.165) is 45.6 Å². The largest absolute Gasteiger partial charge is 0.377 e. The van der Waals surface area contributed by atoms with Crippen molar-refractivity contribution in [3.8, 4) is 0 Å². The molecule has 128 valence electrons. The van der Waals surface area contributed by atoms with Crippen molar-refractivity contribution in [1.82, 2.24) is 19.7 Å². The summed E-state index contributed by atoms with van der Waals surface area (Å²) in [5.41, 5.74) is 1.11. The minimum Gasteiger partial charge on any atom is -0.377 e. The summed E-state index contributed by atoms with van der Waals surface area (Å²) in [6.45, 7) is 5.05.